The maximum absolute atomic E-state index is 13.3. The Morgan fingerprint density at radius 2 is 2.05 bits per heavy atom. The van der Waals surface area contributed by atoms with Crippen molar-refractivity contribution in [1.29, 1.82) is 5.26 Å². The van der Waals surface area contributed by atoms with Crippen molar-refractivity contribution in [2.24, 2.45) is 11.8 Å². The molecule has 204 valence electrons. The highest BCUT2D eigenvalue weighted by atomic mass is 16.5. The number of hydrogen-bond donors (Lipinski definition) is 1. The van der Waals surface area contributed by atoms with Gasteiger partial charge in [-0.05, 0) is 61.3 Å². The number of pyridine rings is 2. The Morgan fingerprint density at radius 3 is 2.77 bits per heavy atom. The monoisotopic (exact) mass is 532 g/mol. The fourth-order valence-corrected chi connectivity index (χ4v) is 5.43. The van der Waals surface area contributed by atoms with Crippen LogP contribution in [0.4, 0.5) is 16.4 Å². The minimum absolute atomic E-state index is 0.0159. The third-order valence-corrected chi connectivity index (χ3v) is 7.57. The van der Waals surface area contributed by atoms with Crippen LogP contribution in [0.15, 0.2) is 18.3 Å². The Hall–Kier alpha value is -3.88. The molecule has 3 aliphatic heterocycles. The largest absolute Gasteiger partial charge is 0.381 e. The molecule has 5 heterocycles. The molecular formula is C28H32N6O5. The van der Waals surface area contributed by atoms with Gasteiger partial charge in [0.25, 0.3) is 0 Å². The number of rotatable bonds is 7. The Bertz CT molecular complexity index is 1300. The lowest BCUT2D eigenvalue weighted by atomic mass is 9.96. The number of amides is 3. The van der Waals surface area contributed by atoms with Crippen LogP contribution in [-0.2, 0) is 33.7 Å². The summed E-state index contributed by atoms with van der Waals surface area (Å²) in [5, 5.41) is 12.4. The number of nitrogens with one attached hydrogen (secondary N) is 1. The van der Waals surface area contributed by atoms with Crippen molar-refractivity contribution in [2.75, 3.05) is 50.2 Å². The maximum Gasteiger partial charge on any atom is 0.328 e. The molecule has 3 amide bonds. The van der Waals surface area contributed by atoms with Crippen molar-refractivity contribution >= 4 is 29.9 Å². The summed E-state index contributed by atoms with van der Waals surface area (Å²) < 4.78 is 10.8. The molecule has 2 aromatic heterocycles. The molecule has 3 aliphatic rings. The fraction of sp³-hybridized carbons (Fsp3) is 0.500. The Balaban J connectivity index is 1.33. The van der Waals surface area contributed by atoms with Gasteiger partial charge in [-0.15, -0.1) is 0 Å². The van der Waals surface area contributed by atoms with Crippen LogP contribution < -0.4 is 10.2 Å². The number of urea groups is 1. The molecule has 0 unspecified atom stereocenters. The Kier molecular flexibility index (Phi) is 8.14. The summed E-state index contributed by atoms with van der Waals surface area (Å²) in [6, 6.07) is 5.39. The third kappa shape index (κ3) is 5.92. The normalized spacial score (nSPS) is 20.3. The lowest BCUT2D eigenvalue weighted by Gasteiger charge is -2.29. The average Bonchev–Trinajstić information content (AvgIpc) is 3.67. The zero-order valence-electron chi connectivity index (χ0n) is 22.0. The van der Waals surface area contributed by atoms with Gasteiger partial charge in [0.1, 0.15) is 23.4 Å². The van der Waals surface area contributed by atoms with E-state index in [0.29, 0.717) is 80.6 Å². The summed E-state index contributed by atoms with van der Waals surface area (Å²) in [6.07, 6.45) is 5.89. The van der Waals surface area contributed by atoms with E-state index >= 15 is 0 Å². The molecule has 2 aromatic rings. The van der Waals surface area contributed by atoms with E-state index in [-0.39, 0.29) is 24.1 Å². The molecule has 1 N–H and O–H groups in total. The van der Waals surface area contributed by atoms with Crippen LogP contribution in [-0.4, -0.2) is 73.1 Å². The number of aromatic nitrogens is 2. The summed E-state index contributed by atoms with van der Waals surface area (Å²) in [5.74, 6) is 0.932. The quantitative estimate of drug-likeness (QED) is 0.538. The zero-order chi connectivity index (χ0) is 27.4. The van der Waals surface area contributed by atoms with Gasteiger partial charge in [0, 0.05) is 51.7 Å². The van der Waals surface area contributed by atoms with Gasteiger partial charge in [0.2, 0.25) is 5.91 Å². The molecule has 2 atom stereocenters. The summed E-state index contributed by atoms with van der Waals surface area (Å²) in [7, 11) is 1.72. The van der Waals surface area contributed by atoms with E-state index in [1.807, 2.05) is 6.07 Å². The maximum atomic E-state index is 13.3. The summed E-state index contributed by atoms with van der Waals surface area (Å²) >= 11 is 0. The van der Waals surface area contributed by atoms with Crippen LogP contribution >= 0.6 is 0 Å². The Morgan fingerprint density at radius 1 is 1.23 bits per heavy atom. The molecule has 11 heteroatoms. The smallest absolute Gasteiger partial charge is 0.328 e. The second kappa shape index (κ2) is 11.9. The van der Waals surface area contributed by atoms with Gasteiger partial charge in [-0.3, -0.25) is 19.8 Å². The molecule has 2 fully saturated rings. The predicted molar refractivity (Wildman–Crippen MR) is 141 cm³/mol. The molecule has 11 nitrogen and oxygen atoms in total. The number of carbonyl (C=O) groups is 3. The SMILES string of the molecule is CN(Cc1cc2c(nc1C=O)N(C(=O)Nc1cc(C[C@H]3CCOC3)c(C#N)cn1)CCC2)C(=O)[C@H]1CCOC1. The molecule has 2 saturated heterocycles. The number of aldehydes is 1. The van der Waals surface area contributed by atoms with E-state index in [1.165, 1.54) is 11.1 Å². The van der Waals surface area contributed by atoms with Gasteiger partial charge in [-0.25, -0.2) is 14.8 Å². The average molecular weight is 533 g/mol. The van der Waals surface area contributed by atoms with Gasteiger partial charge in [0.15, 0.2) is 6.29 Å². The van der Waals surface area contributed by atoms with Crippen molar-refractivity contribution < 1.29 is 23.9 Å². The lowest BCUT2D eigenvalue weighted by Crippen LogP contribution is -2.40. The fourth-order valence-electron chi connectivity index (χ4n) is 5.43. The van der Waals surface area contributed by atoms with Gasteiger partial charge in [0.05, 0.1) is 18.1 Å². The van der Waals surface area contributed by atoms with Crippen LogP contribution in [0.2, 0.25) is 0 Å². The molecule has 0 aromatic carbocycles. The van der Waals surface area contributed by atoms with Crippen molar-refractivity contribution in [3.63, 3.8) is 0 Å². The van der Waals surface area contributed by atoms with Crippen molar-refractivity contribution in [3.05, 3.63) is 46.3 Å². The lowest BCUT2D eigenvalue weighted by molar-refractivity contribution is -0.134. The molecule has 39 heavy (non-hydrogen) atoms. The van der Waals surface area contributed by atoms with E-state index in [9.17, 15) is 19.6 Å². The minimum Gasteiger partial charge on any atom is -0.381 e. The van der Waals surface area contributed by atoms with E-state index < -0.39 is 6.03 Å². The first-order valence-corrected chi connectivity index (χ1v) is 13.3. The number of aryl methyl sites for hydroxylation is 1. The number of nitriles is 1. The van der Waals surface area contributed by atoms with Crippen LogP contribution in [0.25, 0.3) is 0 Å². The van der Waals surface area contributed by atoms with Crippen molar-refractivity contribution in [1.82, 2.24) is 14.9 Å². The van der Waals surface area contributed by atoms with Gasteiger partial charge in [-0.1, -0.05) is 0 Å². The molecule has 0 aliphatic carbocycles. The molecule has 0 bridgehead atoms. The second-order valence-corrected chi connectivity index (χ2v) is 10.3. The highest BCUT2D eigenvalue weighted by Crippen LogP contribution is 2.29. The summed E-state index contributed by atoms with van der Waals surface area (Å²) in [4.78, 5) is 50.0. The molecule has 0 spiro atoms. The first-order valence-electron chi connectivity index (χ1n) is 13.3. The number of hydrogen-bond acceptors (Lipinski definition) is 8. The van der Waals surface area contributed by atoms with Crippen LogP contribution in [0.5, 0.6) is 0 Å². The molecule has 0 radical (unpaired) electrons. The second-order valence-electron chi connectivity index (χ2n) is 10.3. The molecular weight excluding hydrogens is 500 g/mol. The van der Waals surface area contributed by atoms with Crippen LogP contribution in [0.1, 0.15) is 52.0 Å². The number of fused-ring (bicyclic) bond motifs is 1. The minimum atomic E-state index is -0.408. The third-order valence-electron chi connectivity index (χ3n) is 7.57. The highest BCUT2D eigenvalue weighted by molar-refractivity contribution is 6.01. The van der Waals surface area contributed by atoms with E-state index in [4.69, 9.17) is 9.47 Å². The zero-order valence-corrected chi connectivity index (χ0v) is 22.0. The predicted octanol–water partition coefficient (Wildman–Crippen LogP) is 2.72. The van der Waals surface area contributed by atoms with Gasteiger partial charge >= 0.3 is 6.03 Å². The first-order chi connectivity index (χ1) is 19.0. The van der Waals surface area contributed by atoms with Gasteiger partial charge in [-0.2, -0.15) is 5.26 Å². The topological polar surface area (TPSA) is 138 Å². The number of anilines is 2. The number of nitrogens with zero attached hydrogens (tertiary/aromatic N) is 5. The molecule has 0 saturated carbocycles. The highest BCUT2D eigenvalue weighted by Gasteiger charge is 2.29. The van der Waals surface area contributed by atoms with E-state index in [2.05, 4.69) is 21.4 Å². The van der Waals surface area contributed by atoms with Crippen molar-refractivity contribution in [3.8, 4) is 6.07 Å². The van der Waals surface area contributed by atoms with E-state index in [1.54, 1.807) is 18.0 Å². The number of ether oxygens (including phenoxy) is 2. The first kappa shape index (κ1) is 26.7. The van der Waals surface area contributed by atoms with E-state index in [0.717, 1.165) is 30.6 Å². The summed E-state index contributed by atoms with van der Waals surface area (Å²) in [6.45, 7) is 3.06. The van der Waals surface area contributed by atoms with Gasteiger partial charge < -0.3 is 14.4 Å². The number of carbonyl (C=O) groups excluding carboxylic acids is 3. The van der Waals surface area contributed by atoms with Crippen LogP contribution in [0, 0.1) is 23.2 Å². The Labute approximate surface area is 227 Å². The molecule has 5 rings (SSSR count). The summed E-state index contributed by atoms with van der Waals surface area (Å²) in [5.41, 5.74) is 3.00. The van der Waals surface area contributed by atoms with Crippen LogP contribution in [0.3, 0.4) is 0 Å². The van der Waals surface area contributed by atoms with Crippen molar-refractivity contribution in [2.45, 2.75) is 38.6 Å². The standard InChI is InChI=1S/C28H32N6O5/c1-33(27(36)20-5-8-39-17-20)14-22-10-19-3-2-6-34(26(19)31-24(22)15-35)28(37)32-25-11-21(23(12-29)13-30-25)9-18-4-7-38-16-18/h10-11,13,15,18,20H,2-9,14,16-17H2,1H3,(H,30,32,37)/t18-,20+/m1/s1.